The highest BCUT2D eigenvalue weighted by Crippen LogP contribution is 2.25. The van der Waals surface area contributed by atoms with Crippen molar-refractivity contribution in [3.05, 3.63) is 48.3 Å². The average Bonchev–Trinajstić information content (AvgIpc) is 2.47. The van der Waals surface area contributed by atoms with Gasteiger partial charge in [-0.1, -0.05) is 6.07 Å². The Balaban J connectivity index is 2.08. The van der Waals surface area contributed by atoms with E-state index in [9.17, 15) is 8.42 Å². The Kier molecular flexibility index (Phi) is 4.77. The Bertz CT molecular complexity index is 703. The first-order valence-corrected chi connectivity index (χ1v) is 7.83. The van der Waals surface area contributed by atoms with Gasteiger partial charge in [0.1, 0.15) is 10.6 Å². The third kappa shape index (κ3) is 3.93. The van der Waals surface area contributed by atoms with Crippen molar-refractivity contribution < 1.29 is 13.2 Å². The minimum atomic E-state index is -3.64. The maximum absolute atomic E-state index is 12.3. The summed E-state index contributed by atoms with van der Waals surface area (Å²) in [5.41, 5.74) is 7.03. The number of methoxy groups -OCH3 is 1. The van der Waals surface area contributed by atoms with Crippen molar-refractivity contribution in [2.45, 2.75) is 11.3 Å². The number of pyridine rings is 1. The third-order valence-corrected chi connectivity index (χ3v) is 4.41. The van der Waals surface area contributed by atoms with Crippen LogP contribution in [0.15, 0.2) is 47.6 Å². The topological polar surface area (TPSA) is 94.3 Å². The lowest BCUT2D eigenvalue weighted by Gasteiger charge is -2.11. The second-order valence-electron chi connectivity index (χ2n) is 4.42. The molecule has 0 unspecified atom stereocenters. The van der Waals surface area contributed by atoms with Crippen LogP contribution >= 0.6 is 0 Å². The molecule has 0 atom stereocenters. The Labute approximate surface area is 124 Å². The first-order valence-electron chi connectivity index (χ1n) is 6.35. The van der Waals surface area contributed by atoms with E-state index in [1.807, 2.05) is 12.1 Å². The molecule has 0 aliphatic heterocycles. The van der Waals surface area contributed by atoms with E-state index in [1.54, 1.807) is 12.4 Å². The van der Waals surface area contributed by atoms with E-state index in [0.29, 0.717) is 12.1 Å². The average molecular weight is 307 g/mol. The largest absolute Gasteiger partial charge is 0.495 e. The smallest absolute Gasteiger partial charge is 0.244 e. The van der Waals surface area contributed by atoms with Crippen molar-refractivity contribution in [3.63, 3.8) is 0 Å². The first kappa shape index (κ1) is 15.3. The molecular weight excluding hydrogens is 290 g/mol. The number of hydrogen-bond donors (Lipinski definition) is 2. The molecule has 2 aromatic rings. The van der Waals surface area contributed by atoms with Crippen LogP contribution < -0.4 is 15.2 Å². The number of nitrogens with zero attached hydrogens (tertiary/aromatic N) is 1. The van der Waals surface area contributed by atoms with Crippen molar-refractivity contribution in [1.82, 2.24) is 9.71 Å². The molecular formula is C14H17N3O3S. The Hall–Kier alpha value is -2.12. The van der Waals surface area contributed by atoms with E-state index < -0.39 is 10.0 Å². The molecule has 112 valence electrons. The molecule has 0 saturated carbocycles. The van der Waals surface area contributed by atoms with Crippen LogP contribution in [0, 0.1) is 0 Å². The number of nitrogens with one attached hydrogen (secondary N) is 1. The molecule has 0 radical (unpaired) electrons. The van der Waals surface area contributed by atoms with Crippen LogP contribution in [0.2, 0.25) is 0 Å². The van der Waals surface area contributed by atoms with Gasteiger partial charge < -0.3 is 10.5 Å². The lowest BCUT2D eigenvalue weighted by Crippen LogP contribution is -2.26. The van der Waals surface area contributed by atoms with Crippen molar-refractivity contribution >= 4 is 15.7 Å². The molecule has 3 N–H and O–H groups in total. The van der Waals surface area contributed by atoms with Crippen molar-refractivity contribution in [3.8, 4) is 5.75 Å². The Morgan fingerprint density at radius 1 is 1.33 bits per heavy atom. The standard InChI is InChI=1S/C14H17N3O3S/c1-20-13-9-12(15)4-5-14(13)21(18,19)17-8-6-11-3-2-7-16-10-11/h2-5,7,9-10,17H,6,8,15H2,1H3. The molecule has 0 aliphatic rings. The van der Waals surface area contributed by atoms with Gasteiger partial charge in [0, 0.05) is 30.7 Å². The summed E-state index contributed by atoms with van der Waals surface area (Å²) in [5.74, 6) is 0.226. The Morgan fingerprint density at radius 2 is 2.14 bits per heavy atom. The second kappa shape index (κ2) is 6.55. The lowest BCUT2D eigenvalue weighted by atomic mass is 10.2. The normalized spacial score (nSPS) is 11.3. The summed E-state index contributed by atoms with van der Waals surface area (Å²) in [7, 11) is -2.23. The fourth-order valence-electron chi connectivity index (χ4n) is 1.86. The molecule has 0 fully saturated rings. The van der Waals surface area contributed by atoms with Gasteiger partial charge in [0.2, 0.25) is 10.0 Å². The summed E-state index contributed by atoms with van der Waals surface area (Å²) in [6.07, 6.45) is 3.94. The van der Waals surface area contributed by atoms with Crippen LogP contribution in [0.4, 0.5) is 5.69 Å². The molecule has 6 nitrogen and oxygen atoms in total. The fourth-order valence-corrected chi connectivity index (χ4v) is 3.04. The predicted molar refractivity (Wildman–Crippen MR) is 80.5 cm³/mol. The van der Waals surface area contributed by atoms with Crippen LogP contribution in [-0.2, 0) is 16.4 Å². The van der Waals surface area contributed by atoms with Gasteiger partial charge in [-0.05, 0) is 30.2 Å². The van der Waals surface area contributed by atoms with E-state index in [4.69, 9.17) is 10.5 Å². The lowest BCUT2D eigenvalue weighted by molar-refractivity contribution is 0.402. The van der Waals surface area contributed by atoms with Crippen LogP contribution in [0.5, 0.6) is 5.75 Å². The highest BCUT2D eigenvalue weighted by atomic mass is 32.2. The number of anilines is 1. The van der Waals surface area contributed by atoms with Crippen LogP contribution in [0.25, 0.3) is 0 Å². The fraction of sp³-hybridized carbons (Fsp3) is 0.214. The zero-order chi connectivity index (χ0) is 15.3. The van der Waals surface area contributed by atoms with E-state index in [-0.39, 0.29) is 17.2 Å². The monoisotopic (exact) mass is 307 g/mol. The Morgan fingerprint density at radius 3 is 2.81 bits per heavy atom. The molecule has 2 rings (SSSR count). The molecule has 0 spiro atoms. The molecule has 1 aromatic heterocycles. The number of nitrogens with two attached hydrogens (primary N) is 1. The molecule has 1 aromatic carbocycles. The second-order valence-corrected chi connectivity index (χ2v) is 6.15. The number of ether oxygens (including phenoxy) is 1. The molecule has 0 saturated heterocycles. The van der Waals surface area contributed by atoms with E-state index in [0.717, 1.165) is 5.56 Å². The number of nitrogen functional groups attached to an aromatic ring is 1. The van der Waals surface area contributed by atoms with E-state index in [2.05, 4.69) is 9.71 Å². The van der Waals surface area contributed by atoms with Crippen LogP contribution in [0.1, 0.15) is 5.56 Å². The van der Waals surface area contributed by atoms with Gasteiger partial charge in [0.15, 0.2) is 0 Å². The van der Waals surface area contributed by atoms with Crippen molar-refractivity contribution in [2.24, 2.45) is 0 Å². The van der Waals surface area contributed by atoms with E-state index >= 15 is 0 Å². The SMILES string of the molecule is COc1cc(N)ccc1S(=O)(=O)NCCc1cccnc1. The minimum Gasteiger partial charge on any atom is -0.495 e. The highest BCUT2D eigenvalue weighted by molar-refractivity contribution is 7.89. The van der Waals surface area contributed by atoms with Crippen molar-refractivity contribution in [1.29, 1.82) is 0 Å². The molecule has 0 bridgehead atoms. The summed E-state index contributed by atoms with van der Waals surface area (Å²) in [6.45, 7) is 0.279. The minimum absolute atomic E-state index is 0.0744. The predicted octanol–water partition coefficient (Wildman–Crippen LogP) is 1.19. The van der Waals surface area contributed by atoms with Gasteiger partial charge in [-0.2, -0.15) is 0 Å². The summed E-state index contributed by atoms with van der Waals surface area (Å²) >= 11 is 0. The van der Waals surface area contributed by atoms with Gasteiger partial charge in [-0.25, -0.2) is 13.1 Å². The van der Waals surface area contributed by atoms with Gasteiger partial charge in [0.25, 0.3) is 0 Å². The zero-order valence-electron chi connectivity index (χ0n) is 11.6. The quantitative estimate of drug-likeness (QED) is 0.782. The third-order valence-electron chi connectivity index (χ3n) is 2.91. The molecule has 0 aliphatic carbocycles. The van der Waals surface area contributed by atoms with E-state index in [1.165, 1.54) is 25.3 Å². The molecule has 0 amide bonds. The first-order chi connectivity index (χ1) is 10.0. The zero-order valence-corrected chi connectivity index (χ0v) is 12.4. The van der Waals surface area contributed by atoms with Gasteiger partial charge in [0.05, 0.1) is 7.11 Å². The highest BCUT2D eigenvalue weighted by Gasteiger charge is 2.18. The van der Waals surface area contributed by atoms with Gasteiger partial charge >= 0.3 is 0 Å². The summed E-state index contributed by atoms with van der Waals surface area (Å²) < 4.78 is 32.1. The number of aromatic nitrogens is 1. The molecule has 7 heteroatoms. The molecule has 21 heavy (non-hydrogen) atoms. The summed E-state index contributed by atoms with van der Waals surface area (Å²) in [6, 6.07) is 8.15. The maximum atomic E-state index is 12.3. The number of hydrogen-bond acceptors (Lipinski definition) is 5. The van der Waals surface area contributed by atoms with Gasteiger partial charge in [-0.3, -0.25) is 4.98 Å². The maximum Gasteiger partial charge on any atom is 0.244 e. The number of benzene rings is 1. The summed E-state index contributed by atoms with van der Waals surface area (Å²) in [4.78, 5) is 4.06. The van der Waals surface area contributed by atoms with Crippen LogP contribution in [0.3, 0.4) is 0 Å². The molecule has 1 heterocycles. The van der Waals surface area contributed by atoms with Crippen molar-refractivity contribution in [2.75, 3.05) is 19.4 Å². The number of sulfonamides is 1. The van der Waals surface area contributed by atoms with Gasteiger partial charge in [-0.15, -0.1) is 0 Å². The summed E-state index contributed by atoms with van der Waals surface area (Å²) in [5, 5.41) is 0. The number of rotatable bonds is 6. The van der Waals surface area contributed by atoms with Crippen LogP contribution in [-0.4, -0.2) is 27.1 Å².